The van der Waals surface area contributed by atoms with Crippen LogP contribution in [-0.4, -0.2) is 67.1 Å². The first-order valence-electron chi connectivity index (χ1n) is 9.30. The van der Waals surface area contributed by atoms with E-state index in [2.05, 4.69) is 10.2 Å². The van der Waals surface area contributed by atoms with Crippen molar-refractivity contribution >= 4 is 6.09 Å². The van der Waals surface area contributed by atoms with E-state index in [-0.39, 0.29) is 18.2 Å². The van der Waals surface area contributed by atoms with Crippen molar-refractivity contribution in [1.82, 2.24) is 15.1 Å². The second-order valence-electron chi connectivity index (χ2n) is 7.64. The Kier molecular flexibility index (Phi) is 5.48. The maximum atomic E-state index is 13.0. The molecule has 0 aliphatic carbocycles. The summed E-state index contributed by atoms with van der Waals surface area (Å²) in [6.07, 6.45) is -2.16. The third-order valence-corrected chi connectivity index (χ3v) is 5.88. The lowest BCUT2D eigenvalue weighted by atomic mass is 9.86. The summed E-state index contributed by atoms with van der Waals surface area (Å²) in [5.41, 5.74) is 0.220. The molecule has 144 valence electrons. The number of alkyl halides is 3. The Hall–Kier alpha value is -1.02. The predicted molar refractivity (Wildman–Crippen MR) is 87.1 cm³/mol. The number of hydrogen-bond donors (Lipinski definition) is 1. The van der Waals surface area contributed by atoms with Gasteiger partial charge in [-0.1, -0.05) is 0 Å². The molecule has 0 bridgehead atoms. The summed E-state index contributed by atoms with van der Waals surface area (Å²) in [4.78, 5) is 16.1. The van der Waals surface area contributed by atoms with Gasteiger partial charge < -0.3 is 10.1 Å². The van der Waals surface area contributed by atoms with Crippen LogP contribution < -0.4 is 5.32 Å². The van der Waals surface area contributed by atoms with Crippen LogP contribution in [0.5, 0.6) is 0 Å². The highest BCUT2D eigenvalue weighted by Crippen LogP contribution is 2.40. The highest BCUT2D eigenvalue weighted by molar-refractivity contribution is 5.68. The molecule has 8 heteroatoms. The van der Waals surface area contributed by atoms with Crippen molar-refractivity contribution in [2.75, 3.05) is 32.8 Å². The molecule has 1 amide bonds. The quantitative estimate of drug-likeness (QED) is 0.837. The highest BCUT2D eigenvalue weighted by Gasteiger charge is 2.48. The molecule has 0 aromatic rings. The first kappa shape index (κ1) is 18.8. The van der Waals surface area contributed by atoms with Gasteiger partial charge in [-0.25, -0.2) is 4.79 Å². The second-order valence-corrected chi connectivity index (χ2v) is 7.64. The van der Waals surface area contributed by atoms with Gasteiger partial charge in [0.2, 0.25) is 0 Å². The summed E-state index contributed by atoms with van der Waals surface area (Å²) >= 11 is 0. The highest BCUT2D eigenvalue weighted by atomic mass is 19.4. The molecule has 3 fully saturated rings. The zero-order chi connectivity index (χ0) is 18.1. The molecule has 3 rings (SSSR count). The van der Waals surface area contributed by atoms with E-state index >= 15 is 0 Å². The van der Waals surface area contributed by atoms with Crippen LogP contribution in [0.25, 0.3) is 0 Å². The molecule has 3 atom stereocenters. The molecule has 1 N–H and O–H groups in total. The van der Waals surface area contributed by atoms with Crippen LogP contribution in [0, 0.1) is 5.41 Å². The van der Waals surface area contributed by atoms with Gasteiger partial charge in [-0.15, -0.1) is 0 Å². The van der Waals surface area contributed by atoms with Crippen molar-refractivity contribution in [2.24, 2.45) is 5.41 Å². The minimum atomic E-state index is -4.28. The summed E-state index contributed by atoms with van der Waals surface area (Å²) in [5, 5.41) is 3.39. The van der Waals surface area contributed by atoms with Crippen LogP contribution in [0.2, 0.25) is 0 Å². The van der Waals surface area contributed by atoms with Crippen LogP contribution >= 0.6 is 0 Å². The summed E-state index contributed by atoms with van der Waals surface area (Å²) in [5.74, 6) is 0. The Labute approximate surface area is 146 Å². The average Bonchev–Trinajstić information content (AvgIpc) is 3.16. The number of hydrogen-bond acceptors (Lipinski definition) is 4. The molecular weight excluding hydrogens is 335 g/mol. The van der Waals surface area contributed by atoms with Crippen LogP contribution in [0.1, 0.15) is 45.4 Å². The van der Waals surface area contributed by atoms with E-state index < -0.39 is 24.7 Å². The molecule has 3 aliphatic heterocycles. The summed E-state index contributed by atoms with van der Waals surface area (Å²) < 4.78 is 44.1. The van der Waals surface area contributed by atoms with E-state index in [1.54, 1.807) is 6.92 Å². The Bertz CT molecular complexity index is 480. The van der Waals surface area contributed by atoms with Crippen molar-refractivity contribution in [1.29, 1.82) is 0 Å². The van der Waals surface area contributed by atoms with Crippen molar-refractivity contribution in [3.63, 3.8) is 0 Å². The number of carbonyl (C=O) groups is 1. The van der Waals surface area contributed by atoms with Gasteiger partial charge >= 0.3 is 12.3 Å². The maximum Gasteiger partial charge on any atom is 0.411 e. The van der Waals surface area contributed by atoms with Crippen LogP contribution in [0.3, 0.4) is 0 Å². The molecule has 25 heavy (non-hydrogen) atoms. The lowest BCUT2D eigenvalue weighted by molar-refractivity contribution is -0.154. The van der Waals surface area contributed by atoms with Gasteiger partial charge in [-0.2, -0.15) is 13.2 Å². The average molecular weight is 363 g/mol. The van der Waals surface area contributed by atoms with Crippen LogP contribution in [0.4, 0.5) is 18.0 Å². The molecule has 0 saturated carbocycles. The number of rotatable bonds is 3. The normalized spacial score (nSPS) is 34.0. The Morgan fingerprint density at radius 3 is 2.76 bits per heavy atom. The van der Waals surface area contributed by atoms with Gasteiger partial charge in [0.25, 0.3) is 0 Å². The molecule has 3 aliphatic rings. The molecule has 3 unspecified atom stereocenters. The fourth-order valence-corrected chi connectivity index (χ4v) is 4.72. The van der Waals surface area contributed by atoms with Crippen LogP contribution in [-0.2, 0) is 4.74 Å². The molecule has 0 aromatic carbocycles. The molecule has 3 heterocycles. The minimum absolute atomic E-state index is 0.175. The smallest absolute Gasteiger partial charge is 0.411 e. The lowest BCUT2D eigenvalue weighted by Gasteiger charge is -2.45. The summed E-state index contributed by atoms with van der Waals surface area (Å²) in [7, 11) is 0. The molecule has 5 nitrogen and oxygen atoms in total. The molecular formula is C17H28F3N3O2. The van der Waals surface area contributed by atoms with Crippen molar-refractivity contribution in [2.45, 2.75) is 63.8 Å². The number of piperidine rings is 1. The predicted octanol–water partition coefficient (Wildman–Crippen LogP) is 2.96. The standard InChI is InChI=1S/C17H28F3N3O2/c1-2-25-15(24)23-13(10-17(18,19)20)4-3-5-14(23)22-9-7-16(12-22)6-8-21-11-16/h13-14,21H,2-12H2,1H3. The van der Waals surface area contributed by atoms with E-state index in [4.69, 9.17) is 4.74 Å². The number of amides is 1. The Balaban J connectivity index is 1.76. The number of ether oxygens (including phenoxy) is 1. The third kappa shape index (κ3) is 4.22. The fraction of sp³-hybridized carbons (Fsp3) is 0.941. The van der Waals surface area contributed by atoms with Gasteiger partial charge in [0.15, 0.2) is 0 Å². The van der Waals surface area contributed by atoms with Crippen molar-refractivity contribution < 1.29 is 22.7 Å². The largest absolute Gasteiger partial charge is 0.450 e. The number of carbonyl (C=O) groups excluding carboxylic acids is 1. The lowest BCUT2D eigenvalue weighted by Crippen LogP contribution is -2.58. The van der Waals surface area contributed by atoms with E-state index in [0.29, 0.717) is 12.8 Å². The Morgan fingerprint density at radius 1 is 1.32 bits per heavy atom. The van der Waals surface area contributed by atoms with Crippen molar-refractivity contribution in [3.8, 4) is 0 Å². The van der Waals surface area contributed by atoms with E-state index in [9.17, 15) is 18.0 Å². The van der Waals surface area contributed by atoms with Gasteiger partial charge in [0, 0.05) is 25.7 Å². The number of likely N-dealkylation sites (tertiary alicyclic amines) is 2. The minimum Gasteiger partial charge on any atom is -0.450 e. The van der Waals surface area contributed by atoms with Gasteiger partial charge in [0.1, 0.15) is 0 Å². The number of nitrogens with one attached hydrogen (secondary N) is 1. The molecule has 3 saturated heterocycles. The molecule has 1 spiro atoms. The van der Waals surface area contributed by atoms with Crippen molar-refractivity contribution in [3.05, 3.63) is 0 Å². The van der Waals surface area contributed by atoms with Gasteiger partial charge in [-0.3, -0.25) is 9.80 Å². The topological polar surface area (TPSA) is 44.8 Å². The Morgan fingerprint density at radius 2 is 2.12 bits per heavy atom. The molecule has 0 radical (unpaired) electrons. The van der Waals surface area contributed by atoms with E-state index in [1.165, 1.54) is 4.90 Å². The zero-order valence-corrected chi connectivity index (χ0v) is 14.8. The van der Waals surface area contributed by atoms with Crippen LogP contribution in [0.15, 0.2) is 0 Å². The zero-order valence-electron chi connectivity index (χ0n) is 14.8. The van der Waals surface area contributed by atoms with Gasteiger partial charge in [0.05, 0.1) is 19.2 Å². The fourth-order valence-electron chi connectivity index (χ4n) is 4.72. The monoisotopic (exact) mass is 363 g/mol. The van der Waals surface area contributed by atoms with E-state index in [1.807, 2.05) is 0 Å². The number of nitrogens with zero attached hydrogens (tertiary/aromatic N) is 2. The second kappa shape index (κ2) is 7.31. The number of halogens is 3. The third-order valence-electron chi connectivity index (χ3n) is 5.88. The maximum absolute atomic E-state index is 13.0. The first-order chi connectivity index (χ1) is 11.8. The SMILES string of the molecule is CCOC(=O)N1C(CC(F)(F)F)CCCC1N1CCC2(CCNC2)C1. The van der Waals surface area contributed by atoms with E-state index in [0.717, 1.165) is 45.4 Å². The molecule has 0 aromatic heterocycles. The summed E-state index contributed by atoms with van der Waals surface area (Å²) in [6, 6.07) is -0.823. The summed E-state index contributed by atoms with van der Waals surface area (Å²) in [6.45, 7) is 5.50. The first-order valence-corrected chi connectivity index (χ1v) is 9.30. The van der Waals surface area contributed by atoms with Gasteiger partial charge in [-0.05, 0) is 51.0 Å².